The van der Waals surface area contributed by atoms with Gasteiger partial charge >= 0.3 is 0 Å². The lowest BCUT2D eigenvalue weighted by Gasteiger charge is -2.12. The van der Waals surface area contributed by atoms with Gasteiger partial charge in [-0.25, -0.2) is 0 Å². The molecular formula is C10H13ClN2O2. The van der Waals surface area contributed by atoms with Crippen LogP contribution in [0.3, 0.4) is 0 Å². The second kappa shape index (κ2) is 5.68. The van der Waals surface area contributed by atoms with Crippen molar-refractivity contribution in [2.24, 2.45) is 0 Å². The number of carbonyl (C=O) groups excluding carboxylic acids is 1. The van der Waals surface area contributed by atoms with Crippen molar-refractivity contribution in [3.63, 3.8) is 0 Å². The Kier molecular flexibility index (Phi) is 4.52. The van der Waals surface area contributed by atoms with E-state index in [2.05, 4.69) is 10.3 Å². The van der Waals surface area contributed by atoms with Crippen molar-refractivity contribution in [3.8, 4) is 0 Å². The van der Waals surface area contributed by atoms with Crippen molar-refractivity contribution in [3.05, 3.63) is 29.0 Å². The molecule has 4 nitrogen and oxygen atoms in total. The highest BCUT2D eigenvalue weighted by molar-refractivity contribution is 6.30. The van der Waals surface area contributed by atoms with Crippen LogP contribution >= 0.6 is 11.6 Å². The first kappa shape index (κ1) is 11.9. The summed E-state index contributed by atoms with van der Waals surface area (Å²) in [7, 11) is 1.58. The molecule has 1 N–H and O–H groups in total. The van der Waals surface area contributed by atoms with E-state index >= 15 is 0 Å². The third-order valence-corrected chi connectivity index (χ3v) is 1.98. The van der Waals surface area contributed by atoms with Gasteiger partial charge in [-0.3, -0.25) is 9.78 Å². The molecule has 0 saturated carbocycles. The third-order valence-electron chi connectivity index (χ3n) is 1.75. The predicted octanol–water partition coefficient (Wildman–Crippen LogP) is 1.50. The average Bonchev–Trinajstić information content (AvgIpc) is 2.18. The summed E-state index contributed by atoms with van der Waals surface area (Å²) in [6.07, 6.45) is 1.50. The van der Waals surface area contributed by atoms with E-state index in [0.29, 0.717) is 17.3 Å². The van der Waals surface area contributed by atoms with Crippen LogP contribution in [-0.2, 0) is 4.74 Å². The minimum Gasteiger partial charge on any atom is -0.383 e. The third kappa shape index (κ3) is 3.85. The normalized spacial score (nSPS) is 12.2. The summed E-state index contributed by atoms with van der Waals surface area (Å²) in [5.74, 6) is -0.248. The second-order valence-electron chi connectivity index (χ2n) is 3.19. The Morgan fingerprint density at radius 3 is 3.07 bits per heavy atom. The Morgan fingerprint density at radius 2 is 2.47 bits per heavy atom. The zero-order chi connectivity index (χ0) is 11.3. The van der Waals surface area contributed by atoms with Crippen molar-refractivity contribution in [2.45, 2.75) is 13.0 Å². The Balaban J connectivity index is 2.61. The summed E-state index contributed by atoms with van der Waals surface area (Å²) in [4.78, 5) is 15.5. The molecule has 82 valence electrons. The summed E-state index contributed by atoms with van der Waals surface area (Å²) in [6.45, 7) is 2.32. The fourth-order valence-electron chi connectivity index (χ4n) is 1.12. The molecule has 0 aliphatic carbocycles. The Labute approximate surface area is 93.6 Å². The number of ether oxygens (including phenoxy) is 1. The second-order valence-corrected chi connectivity index (χ2v) is 3.63. The molecule has 0 aliphatic rings. The first-order chi connectivity index (χ1) is 7.13. The highest BCUT2D eigenvalue weighted by atomic mass is 35.5. The van der Waals surface area contributed by atoms with Crippen LogP contribution in [0.5, 0.6) is 0 Å². The number of rotatable bonds is 4. The zero-order valence-corrected chi connectivity index (χ0v) is 9.41. The van der Waals surface area contributed by atoms with Crippen LogP contribution in [-0.4, -0.2) is 30.6 Å². The lowest BCUT2D eigenvalue weighted by molar-refractivity contribution is 0.0900. The van der Waals surface area contributed by atoms with Gasteiger partial charge in [0.2, 0.25) is 0 Å². The first-order valence-electron chi connectivity index (χ1n) is 4.55. The maximum absolute atomic E-state index is 11.6. The van der Waals surface area contributed by atoms with Gasteiger partial charge in [0.1, 0.15) is 5.69 Å². The van der Waals surface area contributed by atoms with Crippen LogP contribution in [0, 0.1) is 0 Å². The average molecular weight is 229 g/mol. The van der Waals surface area contributed by atoms with Crippen LogP contribution in [0.25, 0.3) is 0 Å². The smallest absolute Gasteiger partial charge is 0.270 e. The monoisotopic (exact) mass is 228 g/mol. The van der Waals surface area contributed by atoms with Crippen molar-refractivity contribution >= 4 is 17.5 Å². The number of halogens is 1. The molecule has 1 amide bonds. The summed E-state index contributed by atoms with van der Waals surface area (Å²) < 4.78 is 4.90. The highest BCUT2D eigenvalue weighted by Crippen LogP contribution is 2.07. The van der Waals surface area contributed by atoms with Gasteiger partial charge in [-0.15, -0.1) is 0 Å². The number of hydrogen-bond acceptors (Lipinski definition) is 3. The van der Waals surface area contributed by atoms with Crippen LogP contribution in [0.15, 0.2) is 18.3 Å². The van der Waals surface area contributed by atoms with Crippen molar-refractivity contribution in [2.75, 3.05) is 13.7 Å². The summed E-state index contributed by atoms with van der Waals surface area (Å²) in [5.41, 5.74) is 0.311. The van der Waals surface area contributed by atoms with Gasteiger partial charge in [-0.05, 0) is 19.1 Å². The van der Waals surface area contributed by atoms with Gasteiger partial charge in [0.25, 0.3) is 5.91 Å². The number of aromatic nitrogens is 1. The van der Waals surface area contributed by atoms with E-state index < -0.39 is 0 Å². The largest absolute Gasteiger partial charge is 0.383 e. The molecule has 1 heterocycles. The van der Waals surface area contributed by atoms with Gasteiger partial charge in [0.05, 0.1) is 6.61 Å². The van der Waals surface area contributed by atoms with E-state index in [1.807, 2.05) is 6.92 Å². The molecule has 0 saturated heterocycles. The Morgan fingerprint density at radius 1 is 1.73 bits per heavy atom. The maximum Gasteiger partial charge on any atom is 0.270 e. The molecular weight excluding hydrogens is 216 g/mol. The van der Waals surface area contributed by atoms with E-state index in [4.69, 9.17) is 16.3 Å². The molecule has 0 bridgehead atoms. The molecule has 1 aromatic heterocycles. The fraction of sp³-hybridized carbons (Fsp3) is 0.400. The van der Waals surface area contributed by atoms with Gasteiger partial charge < -0.3 is 10.1 Å². The molecule has 0 radical (unpaired) electrons. The standard InChI is InChI=1S/C10H13ClN2O2/c1-7(6-15-2)13-10(14)9-5-8(11)3-4-12-9/h3-5,7H,6H2,1-2H3,(H,13,14)/t7-/m0/s1. The minimum absolute atomic E-state index is 0.0525. The molecule has 5 heteroatoms. The quantitative estimate of drug-likeness (QED) is 0.850. The van der Waals surface area contributed by atoms with Crippen molar-refractivity contribution in [1.82, 2.24) is 10.3 Å². The van der Waals surface area contributed by atoms with Crippen LogP contribution in [0.1, 0.15) is 17.4 Å². The molecule has 1 atom stereocenters. The fourth-order valence-corrected chi connectivity index (χ4v) is 1.28. The van der Waals surface area contributed by atoms with Gasteiger partial charge in [0, 0.05) is 24.4 Å². The zero-order valence-electron chi connectivity index (χ0n) is 8.66. The molecule has 0 aromatic carbocycles. The number of pyridine rings is 1. The topological polar surface area (TPSA) is 51.2 Å². The Hall–Kier alpha value is -1.13. The number of nitrogens with one attached hydrogen (secondary N) is 1. The number of amides is 1. The first-order valence-corrected chi connectivity index (χ1v) is 4.92. The van der Waals surface area contributed by atoms with E-state index in [1.165, 1.54) is 12.3 Å². The van der Waals surface area contributed by atoms with Gasteiger partial charge in [0.15, 0.2) is 0 Å². The van der Waals surface area contributed by atoms with E-state index in [-0.39, 0.29) is 11.9 Å². The molecule has 0 fully saturated rings. The summed E-state index contributed by atoms with van der Waals surface area (Å²) >= 11 is 5.74. The number of carbonyl (C=O) groups is 1. The highest BCUT2D eigenvalue weighted by Gasteiger charge is 2.10. The lowest BCUT2D eigenvalue weighted by Crippen LogP contribution is -2.36. The molecule has 1 rings (SSSR count). The lowest BCUT2D eigenvalue weighted by atomic mass is 10.3. The number of hydrogen-bond donors (Lipinski definition) is 1. The SMILES string of the molecule is COC[C@H](C)NC(=O)c1cc(Cl)ccn1. The van der Waals surface area contributed by atoms with Crippen LogP contribution in [0.4, 0.5) is 0 Å². The summed E-state index contributed by atoms with van der Waals surface area (Å²) in [6, 6.07) is 3.09. The molecule has 0 unspecified atom stereocenters. The number of nitrogens with zero attached hydrogens (tertiary/aromatic N) is 1. The molecule has 15 heavy (non-hydrogen) atoms. The molecule has 0 spiro atoms. The van der Waals surface area contributed by atoms with E-state index in [9.17, 15) is 4.79 Å². The Bertz CT molecular complexity index is 344. The maximum atomic E-state index is 11.6. The summed E-state index contributed by atoms with van der Waals surface area (Å²) in [5, 5.41) is 3.23. The minimum atomic E-state index is -0.248. The predicted molar refractivity (Wildman–Crippen MR) is 58.1 cm³/mol. The van der Waals surface area contributed by atoms with Crippen molar-refractivity contribution < 1.29 is 9.53 Å². The van der Waals surface area contributed by atoms with Gasteiger partial charge in [-0.2, -0.15) is 0 Å². The molecule has 1 aromatic rings. The van der Waals surface area contributed by atoms with Crippen molar-refractivity contribution in [1.29, 1.82) is 0 Å². The van der Waals surface area contributed by atoms with Crippen LogP contribution in [0.2, 0.25) is 5.02 Å². The number of methoxy groups -OCH3 is 1. The van der Waals surface area contributed by atoms with Gasteiger partial charge in [-0.1, -0.05) is 11.6 Å². The van der Waals surface area contributed by atoms with Crippen LogP contribution < -0.4 is 5.32 Å². The van der Waals surface area contributed by atoms with E-state index in [1.54, 1.807) is 13.2 Å². The molecule has 0 aliphatic heterocycles. The van der Waals surface area contributed by atoms with E-state index in [0.717, 1.165) is 0 Å².